The highest BCUT2D eigenvalue weighted by Crippen LogP contribution is 2.19. The molecule has 0 radical (unpaired) electrons. The highest BCUT2D eigenvalue weighted by molar-refractivity contribution is 5.86. The number of carboxylic acid groups (broad SMARTS) is 2. The van der Waals surface area contributed by atoms with Gasteiger partial charge >= 0.3 is 11.9 Å². The van der Waals surface area contributed by atoms with Crippen LogP contribution in [0.5, 0.6) is 0 Å². The van der Waals surface area contributed by atoms with Crippen LogP contribution >= 0.6 is 0 Å². The van der Waals surface area contributed by atoms with Crippen molar-refractivity contribution < 1.29 is 19.8 Å². The van der Waals surface area contributed by atoms with Gasteiger partial charge in [0.1, 0.15) is 0 Å². The maximum absolute atomic E-state index is 10.7. The Hall–Kier alpha value is -1.58. The summed E-state index contributed by atoms with van der Waals surface area (Å²) >= 11 is 0. The number of rotatable bonds is 10. The lowest BCUT2D eigenvalue weighted by Gasteiger charge is -2.12. The van der Waals surface area contributed by atoms with Crippen molar-refractivity contribution >= 4 is 11.9 Å². The van der Waals surface area contributed by atoms with Crippen LogP contribution in [0, 0.1) is 5.92 Å². The van der Waals surface area contributed by atoms with Crippen molar-refractivity contribution in [1.29, 1.82) is 0 Å². The fourth-order valence-electron chi connectivity index (χ4n) is 1.90. The fraction of sp³-hybridized carbons (Fsp3) is 0.625. The van der Waals surface area contributed by atoms with Crippen molar-refractivity contribution in [2.24, 2.45) is 5.92 Å². The first kappa shape index (κ1) is 18.4. The average molecular weight is 282 g/mol. The molecular weight excluding hydrogens is 256 g/mol. The van der Waals surface area contributed by atoms with Gasteiger partial charge in [0.05, 0.1) is 0 Å². The van der Waals surface area contributed by atoms with E-state index >= 15 is 0 Å². The van der Waals surface area contributed by atoms with Gasteiger partial charge in [-0.1, -0.05) is 38.3 Å². The lowest BCUT2D eigenvalue weighted by Crippen LogP contribution is -2.01. The van der Waals surface area contributed by atoms with Crippen LogP contribution in [0.1, 0.15) is 59.3 Å². The minimum Gasteiger partial charge on any atom is -0.478 e. The third-order valence-electron chi connectivity index (χ3n) is 3.53. The van der Waals surface area contributed by atoms with Crippen LogP contribution in [0.3, 0.4) is 0 Å². The molecule has 0 aromatic heterocycles. The second kappa shape index (κ2) is 10.2. The predicted molar refractivity (Wildman–Crippen MR) is 79.7 cm³/mol. The molecule has 0 heterocycles. The van der Waals surface area contributed by atoms with Crippen molar-refractivity contribution in [3.8, 4) is 0 Å². The zero-order chi connectivity index (χ0) is 15.5. The van der Waals surface area contributed by atoms with Crippen LogP contribution in [-0.2, 0) is 9.59 Å². The van der Waals surface area contributed by atoms with E-state index in [0.717, 1.165) is 38.5 Å². The molecule has 0 rings (SSSR count). The number of aliphatic carboxylic acids is 2. The molecule has 1 unspecified atom stereocenters. The van der Waals surface area contributed by atoms with Crippen LogP contribution in [0.15, 0.2) is 23.3 Å². The quantitative estimate of drug-likeness (QED) is 0.468. The van der Waals surface area contributed by atoms with Gasteiger partial charge in [0.25, 0.3) is 0 Å². The molecule has 114 valence electrons. The van der Waals surface area contributed by atoms with Gasteiger partial charge in [0, 0.05) is 11.1 Å². The van der Waals surface area contributed by atoms with Gasteiger partial charge in [0.2, 0.25) is 0 Å². The molecule has 0 aliphatic heterocycles. The van der Waals surface area contributed by atoms with Gasteiger partial charge in [-0.15, -0.1) is 0 Å². The highest BCUT2D eigenvalue weighted by atomic mass is 16.4. The van der Waals surface area contributed by atoms with E-state index in [1.807, 2.05) is 0 Å². The molecule has 0 bridgehead atoms. The summed E-state index contributed by atoms with van der Waals surface area (Å²) in [4.78, 5) is 21.3. The van der Waals surface area contributed by atoms with Gasteiger partial charge in [-0.3, -0.25) is 0 Å². The van der Waals surface area contributed by atoms with Crippen molar-refractivity contribution in [2.75, 3.05) is 0 Å². The maximum atomic E-state index is 10.7. The lowest BCUT2D eigenvalue weighted by atomic mass is 9.94. The molecule has 0 amide bonds. The zero-order valence-electron chi connectivity index (χ0n) is 12.7. The Morgan fingerprint density at radius 1 is 1.00 bits per heavy atom. The normalized spacial score (nSPS) is 14.2. The summed E-state index contributed by atoms with van der Waals surface area (Å²) in [5, 5.41) is 17.5. The Kier molecular flexibility index (Phi) is 9.43. The largest absolute Gasteiger partial charge is 0.478 e. The summed E-state index contributed by atoms with van der Waals surface area (Å²) in [6.45, 7) is 5.34. The summed E-state index contributed by atoms with van der Waals surface area (Å²) in [7, 11) is 0. The van der Waals surface area contributed by atoms with E-state index in [4.69, 9.17) is 10.2 Å². The third kappa shape index (κ3) is 8.51. The number of unbranched alkanes of at least 4 members (excludes halogenated alkanes) is 2. The van der Waals surface area contributed by atoms with E-state index in [0.29, 0.717) is 17.1 Å². The Bertz CT molecular complexity index is 380. The molecule has 0 aliphatic carbocycles. The number of carboxylic acids is 2. The van der Waals surface area contributed by atoms with Crippen LogP contribution in [0.25, 0.3) is 0 Å². The summed E-state index contributed by atoms with van der Waals surface area (Å²) in [6.07, 6.45) is 9.26. The average Bonchev–Trinajstić information content (AvgIpc) is 2.40. The molecule has 2 N–H and O–H groups in total. The maximum Gasteiger partial charge on any atom is 0.330 e. The molecule has 0 saturated heterocycles. The van der Waals surface area contributed by atoms with E-state index in [9.17, 15) is 9.59 Å². The molecule has 4 nitrogen and oxygen atoms in total. The highest BCUT2D eigenvalue weighted by Gasteiger charge is 2.06. The Morgan fingerprint density at radius 2 is 1.55 bits per heavy atom. The Balaban J connectivity index is 3.97. The summed E-state index contributed by atoms with van der Waals surface area (Å²) in [5.74, 6) is -1.20. The third-order valence-corrected chi connectivity index (χ3v) is 3.53. The topological polar surface area (TPSA) is 74.6 Å². The second-order valence-corrected chi connectivity index (χ2v) is 5.18. The van der Waals surface area contributed by atoms with E-state index in [1.165, 1.54) is 0 Å². The number of hydrogen-bond donors (Lipinski definition) is 2. The van der Waals surface area contributed by atoms with Gasteiger partial charge in [-0.2, -0.15) is 0 Å². The van der Waals surface area contributed by atoms with Crippen molar-refractivity contribution in [2.45, 2.75) is 59.3 Å². The molecule has 0 aromatic carbocycles. The van der Waals surface area contributed by atoms with Crippen molar-refractivity contribution in [3.05, 3.63) is 23.3 Å². The van der Waals surface area contributed by atoms with Gasteiger partial charge in [-0.25, -0.2) is 9.59 Å². The molecule has 1 atom stereocenters. The number of allylic oxidation sites excluding steroid dienone is 2. The molecule has 0 fully saturated rings. The first-order valence-electron chi connectivity index (χ1n) is 7.18. The molecular formula is C16H26O4. The van der Waals surface area contributed by atoms with Crippen LogP contribution in [0.4, 0.5) is 0 Å². The van der Waals surface area contributed by atoms with E-state index in [-0.39, 0.29) is 0 Å². The van der Waals surface area contributed by atoms with Crippen LogP contribution in [-0.4, -0.2) is 22.2 Å². The van der Waals surface area contributed by atoms with Gasteiger partial charge < -0.3 is 10.2 Å². The molecule has 0 spiro atoms. The molecule has 4 heteroatoms. The first-order chi connectivity index (χ1) is 9.38. The first-order valence-corrected chi connectivity index (χ1v) is 7.18. The fourth-order valence-corrected chi connectivity index (χ4v) is 1.90. The van der Waals surface area contributed by atoms with E-state index in [1.54, 1.807) is 26.0 Å². The summed E-state index contributed by atoms with van der Waals surface area (Å²) < 4.78 is 0. The van der Waals surface area contributed by atoms with Gasteiger partial charge in [-0.05, 0) is 39.0 Å². The molecule has 0 aromatic rings. The summed E-state index contributed by atoms with van der Waals surface area (Å²) in [5.41, 5.74) is 0.806. The Morgan fingerprint density at radius 3 is 2.05 bits per heavy atom. The van der Waals surface area contributed by atoms with Gasteiger partial charge in [0.15, 0.2) is 0 Å². The Labute approximate surface area is 121 Å². The van der Waals surface area contributed by atoms with Crippen LogP contribution < -0.4 is 0 Å². The van der Waals surface area contributed by atoms with E-state index in [2.05, 4.69) is 6.92 Å². The van der Waals surface area contributed by atoms with E-state index < -0.39 is 11.9 Å². The molecule has 20 heavy (non-hydrogen) atoms. The standard InChI is InChI=1S/C16H26O4/c1-4-14(11-10-13(3)16(19)20)9-7-5-6-8-12(2)15(17)18/h8,10,14H,4-7,9,11H2,1-3H3,(H,17,18)(H,19,20). The van der Waals surface area contributed by atoms with Crippen molar-refractivity contribution in [3.63, 3.8) is 0 Å². The molecule has 0 aliphatic rings. The lowest BCUT2D eigenvalue weighted by molar-refractivity contribution is -0.133. The number of hydrogen-bond acceptors (Lipinski definition) is 2. The smallest absolute Gasteiger partial charge is 0.330 e. The minimum atomic E-state index is -0.856. The summed E-state index contributed by atoms with van der Waals surface area (Å²) in [6, 6.07) is 0. The second-order valence-electron chi connectivity index (χ2n) is 5.18. The zero-order valence-corrected chi connectivity index (χ0v) is 12.7. The molecule has 0 saturated carbocycles. The monoisotopic (exact) mass is 282 g/mol. The van der Waals surface area contributed by atoms with Crippen molar-refractivity contribution in [1.82, 2.24) is 0 Å². The van der Waals surface area contributed by atoms with Crippen LogP contribution in [0.2, 0.25) is 0 Å². The minimum absolute atomic E-state index is 0.400. The predicted octanol–water partition coefficient (Wildman–Crippen LogP) is 4.02. The SMILES string of the molecule is CCC(CC=C(C)C(=O)O)CCCCC=C(C)C(=O)O. The number of carbonyl (C=O) groups is 2.